The number of methoxy groups -OCH3 is 1. The van der Waals surface area contributed by atoms with Crippen molar-refractivity contribution in [2.24, 2.45) is 0 Å². The van der Waals surface area contributed by atoms with Crippen LogP contribution in [0.1, 0.15) is 5.56 Å². The van der Waals surface area contributed by atoms with Crippen molar-refractivity contribution in [2.75, 3.05) is 40.0 Å². The van der Waals surface area contributed by atoms with Gasteiger partial charge in [0.15, 0.2) is 11.5 Å². The van der Waals surface area contributed by atoms with Crippen molar-refractivity contribution in [3.8, 4) is 11.5 Å². The number of hydrogen-bond donors (Lipinski definition) is 3. The monoisotopic (exact) mass is 352 g/mol. The molecule has 0 amide bonds. The molecule has 0 bridgehead atoms. The Morgan fingerprint density at radius 2 is 1.86 bits per heavy atom. The zero-order chi connectivity index (χ0) is 14.6. The number of hydrogen-bond acceptors (Lipinski definition) is 5. The molecule has 0 aliphatic heterocycles. The summed E-state index contributed by atoms with van der Waals surface area (Å²) in [5, 5.41) is 15.1. The molecule has 0 saturated carbocycles. The van der Waals surface area contributed by atoms with E-state index in [9.17, 15) is 0 Å². The number of rotatable bonds is 11. The molecule has 7 heteroatoms. The quantitative estimate of drug-likeness (QED) is 0.418. The fourth-order valence-corrected chi connectivity index (χ4v) is 1.70. The fourth-order valence-electron chi connectivity index (χ4n) is 1.70. The highest BCUT2D eigenvalue weighted by Crippen LogP contribution is 2.27. The molecule has 0 radical (unpaired) electrons. The van der Waals surface area contributed by atoms with E-state index in [1.54, 1.807) is 13.2 Å². The van der Waals surface area contributed by atoms with Gasteiger partial charge in [0.05, 0.1) is 13.7 Å². The number of benzene rings is 1. The van der Waals surface area contributed by atoms with Crippen LogP contribution in [-0.2, 0) is 6.54 Å². The maximum atomic E-state index is 8.63. The first-order chi connectivity index (χ1) is 9.81. The van der Waals surface area contributed by atoms with E-state index in [-0.39, 0.29) is 31.4 Å². The van der Waals surface area contributed by atoms with E-state index in [1.807, 2.05) is 18.2 Å². The molecule has 1 rings (SSSR count). The van der Waals surface area contributed by atoms with Gasteiger partial charge < -0.3 is 25.2 Å². The van der Waals surface area contributed by atoms with Gasteiger partial charge in [0, 0.05) is 26.2 Å². The fraction of sp³-hybridized carbons (Fsp3) is 0.467. The van der Waals surface area contributed by atoms with Gasteiger partial charge in [0.25, 0.3) is 0 Å². The molecule has 128 valence electrons. The van der Waals surface area contributed by atoms with Crippen LogP contribution in [0.4, 0.5) is 0 Å². The molecule has 0 atom stereocenters. The van der Waals surface area contributed by atoms with Crippen LogP contribution < -0.4 is 20.1 Å². The summed E-state index contributed by atoms with van der Waals surface area (Å²) in [6, 6.07) is 5.88. The van der Waals surface area contributed by atoms with Gasteiger partial charge >= 0.3 is 0 Å². The van der Waals surface area contributed by atoms with Crippen LogP contribution >= 0.6 is 24.8 Å². The molecule has 0 fully saturated rings. The van der Waals surface area contributed by atoms with E-state index in [4.69, 9.17) is 14.6 Å². The summed E-state index contributed by atoms with van der Waals surface area (Å²) in [6.45, 7) is 7.32. The van der Waals surface area contributed by atoms with E-state index in [2.05, 4.69) is 17.2 Å². The number of ether oxygens (including phenoxy) is 2. The van der Waals surface area contributed by atoms with Gasteiger partial charge in [0.1, 0.15) is 6.61 Å². The summed E-state index contributed by atoms with van der Waals surface area (Å²) in [5.41, 5.74) is 1.13. The highest BCUT2D eigenvalue weighted by Gasteiger charge is 2.05. The van der Waals surface area contributed by atoms with Gasteiger partial charge in [-0.25, -0.2) is 0 Å². The highest BCUT2D eigenvalue weighted by molar-refractivity contribution is 5.85. The summed E-state index contributed by atoms with van der Waals surface area (Å²) in [6.07, 6.45) is 1.70. The Kier molecular flexibility index (Phi) is 15.8. The molecule has 22 heavy (non-hydrogen) atoms. The molecule has 3 N–H and O–H groups in total. The molecular formula is C15H26Cl2N2O3. The topological polar surface area (TPSA) is 62.8 Å². The Hall–Kier alpha value is -0.980. The Labute approximate surface area is 144 Å². The Morgan fingerprint density at radius 1 is 1.14 bits per heavy atom. The molecular weight excluding hydrogens is 327 g/mol. The lowest BCUT2D eigenvalue weighted by Crippen LogP contribution is -2.28. The summed E-state index contributed by atoms with van der Waals surface area (Å²) in [5.74, 6) is 1.45. The maximum Gasteiger partial charge on any atom is 0.161 e. The van der Waals surface area contributed by atoms with Crippen LogP contribution in [-0.4, -0.2) is 45.1 Å². The number of aliphatic hydroxyl groups is 1. The summed E-state index contributed by atoms with van der Waals surface area (Å²) in [4.78, 5) is 0. The lowest BCUT2D eigenvalue weighted by molar-refractivity contribution is 0.292. The number of nitrogens with one attached hydrogen (secondary N) is 2. The third kappa shape index (κ3) is 9.12. The average Bonchev–Trinajstić information content (AvgIpc) is 2.49. The maximum absolute atomic E-state index is 8.63. The molecule has 0 aliphatic rings. The van der Waals surface area contributed by atoms with Crippen LogP contribution in [0.15, 0.2) is 30.9 Å². The van der Waals surface area contributed by atoms with Crippen molar-refractivity contribution in [1.29, 1.82) is 0 Å². The second-order valence-electron chi connectivity index (χ2n) is 4.24. The molecule has 0 heterocycles. The molecule has 0 spiro atoms. The first-order valence-corrected chi connectivity index (χ1v) is 6.74. The molecule has 0 aliphatic carbocycles. The first kappa shape index (κ1) is 23.3. The predicted molar refractivity (Wildman–Crippen MR) is 94.8 cm³/mol. The number of halogens is 2. The normalized spacial score (nSPS) is 9.36. The zero-order valence-corrected chi connectivity index (χ0v) is 14.5. The zero-order valence-electron chi connectivity index (χ0n) is 12.8. The van der Waals surface area contributed by atoms with Gasteiger partial charge in [-0.3, -0.25) is 0 Å². The second-order valence-corrected chi connectivity index (χ2v) is 4.24. The smallest absolute Gasteiger partial charge is 0.161 e. The molecule has 0 aromatic heterocycles. The van der Waals surface area contributed by atoms with Crippen LogP contribution in [0.2, 0.25) is 0 Å². The third-order valence-electron chi connectivity index (χ3n) is 2.68. The largest absolute Gasteiger partial charge is 0.493 e. The van der Waals surface area contributed by atoms with E-state index >= 15 is 0 Å². The standard InChI is InChI=1S/C15H24N2O3.2ClH/c1-3-10-20-14-5-4-13(11-15(14)19-2)12-17-7-6-16-8-9-18;;/h3-5,11,16-18H,1,6-10,12H2,2H3;2*1H. The second kappa shape index (κ2) is 14.9. The van der Waals surface area contributed by atoms with Crippen molar-refractivity contribution in [1.82, 2.24) is 10.6 Å². The lowest BCUT2D eigenvalue weighted by Gasteiger charge is -2.11. The SMILES string of the molecule is C=CCOc1ccc(CNCCNCCO)cc1OC.Cl.Cl. The summed E-state index contributed by atoms with van der Waals surface area (Å²) in [7, 11) is 1.63. The molecule has 5 nitrogen and oxygen atoms in total. The minimum absolute atomic E-state index is 0. The minimum atomic E-state index is 0. The van der Waals surface area contributed by atoms with Gasteiger partial charge in [-0.1, -0.05) is 18.7 Å². The Morgan fingerprint density at radius 3 is 2.50 bits per heavy atom. The van der Waals surface area contributed by atoms with E-state index < -0.39 is 0 Å². The van der Waals surface area contributed by atoms with Gasteiger partial charge in [-0.15, -0.1) is 24.8 Å². The predicted octanol–water partition coefficient (Wildman–Crippen LogP) is 1.78. The molecule has 1 aromatic carbocycles. The van der Waals surface area contributed by atoms with Crippen LogP contribution in [0.5, 0.6) is 11.5 Å². The van der Waals surface area contributed by atoms with Crippen LogP contribution in [0.25, 0.3) is 0 Å². The Balaban J connectivity index is 0. The van der Waals surface area contributed by atoms with Gasteiger partial charge in [-0.2, -0.15) is 0 Å². The van der Waals surface area contributed by atoms with E-state index in [1.165, 1.54) is 0 Å². The summed E-state index contributed by atoms with van der Waals surface area (Å²) < 4.78 is 10.8. The van der Waals surface area contributed by atoms with Crippen molar-refractivity contribution in [2.45, 2.75) is 6.54 Å². The minimum Gasteiger partial charge on any atom is -0.493 e. The first-order valence-electron chi connectivity index (χ1n) is 6.74. The van der Waals surface area contributed by atoms with Crippen molar-refractivity contribution in [3.63, 3.8) is 0 Å². The lowest BCUT2D eigenvalue weighted by atomic mass is 10.2. The van der Waals surface area contributed by atoms with Crippen molar-refractivity contribution in [3.05, 3.63) is 36.4 Å². The third-order valence-corrected chi connectivity index (χ3v) is 2.68. The molecule has 0 unspecified atom stereocenters. The van der Waals surface area contributed by atoms with E-state index in [0.717, 1.165) is 36.7 Å². The number of aliphatic hydroxyl groups excluding tert-OH is 1. The van der Waals surface area contributed by atoms with Gasteiger partial charge in [0.2, 0.25) is 0 Å². The Bertz CT molecular complexity index is 406. The van der Waals surface area contributed by atoms with Crippen LogP contribution in [0.3, 0.4) is 0 Å². The average molecular weight is 353 g/mol. The highest BCUT2D eigenvalue weighted by atomic mass is 35.5. The van der Waals surface area contributed by atoms with Crippen LogP contribution in [0, 0.1) is 0 Å². The van der Waals surface area contributed by atoms with Gasteiger partial charge in [-0.05, 0) is 17.7 Å². The molecule has 1 aromatic rings. The summed E-state index contributed by atoms with van der Waals surface area (Å²) >= 11 is 0. The van der Waals surface area contributed by atoms with Crippen molar-refractivity contribution < 1.29 is 14.6 Å². The van der Waals surface area contributed by atoms with Crippen molar-refractivity contribution >= 4 is 24.8 Å². The molecule has 0 saturated heterocycles. The van der Waals surface area contributed by atoms with E-state index in [0.29, 0.717) is 13.2 Å².